The Morgan fingerprint density at radius 3 is 1.94 bits per heavy atom. The molecular weight excluding hydrogens is 224 g/mol. The Morgan fingerprint density at radius 2 is 1.47 bits per heavy atom. The Bertz CT molecular complexity index is 158. The first kappa shape index (κ1) is 17.2. The van der Waals surface area contributed by atoms with Crippen molar-refractivity contribution < 1.29 is 4.43 Å². The van der Waals surface area contributed by atoms with Gasteiger partial charge in [-0.05, 0) is 30.5 Å². The molecule has 0 amide bonds. The number of hydrogen-bond donors (Lipinski definition) is 0. The van der Waals surface area contributed by atoms with E-state index in [4.69, 9.17) is 4.43 Å². The fraction of sp³-hybridized carbons (Fsp3) is 1.00. The molecule has 1 atom stereocenters. The van der Waals surface area contributed by atoms with Crippen LogP contribution in [0.15, 0.2) is 0 Å². The van der Waals surface area contributed by atoms with Crippen molar-refractivity contribution in [1.29, 1.82) is 0 Å². The third-order valence-electron chi connectivity index (χ3n) is 4.16. The van der Waals surface area contributed by atoms with Crippen LogP contribution >= 0.6 is 0 Å². The lowest BCUT2D eigenvalue weighted by Gasteiger charge is -2.29. The fourth-order valence-corrected chi connectivity index (χ4v) is 5.13. The Balaban J connectivity index is 3.76. The largest absolute Gasteiger partial charge is 0.417 e. The number of unbranched alkanes of at least 4 members (excludes halogenated alkanes) is 3. The maximum absolute atomic E-state index is 6.33. The molecule has 0 N–H and O–H groups in total. The highest BCUT2D eigenvalue weighted by atomic mass is 28.4. The second-order valence-corrected chi connectivity index (χ2v) is 10.3. The maximum Gasteiger partial charge on any atom is 0.191 e. The average Bonchev–Trinajstić information content (AvgIpc) is 2.37. The van der Waals surface area contributed by atoms with Gasteiger partial charge >= 0.3 is 0 Å². The predicted octanol–water partition coefficient (Wildman–Crippen LogP) is 5.61. The molecule has 1 nitrogen and oxygen atoms in total. The van der Waals surface area contributed by atoms with E-state index in [1.807, 2.05) is 0 Å². The van der Waals surface area contributed by atoms with Gasteiger partial charge in [-0.15, -0.1) is 0 Å². The van der Waals surface area contributed by atoms with Crippen molar-refractivity contribution in [2.75, 3.05) is 6.61 Å². The maximum atomic E-state index is 6.33. The van der Waals surface area contributed by atoms with Crippen LogP contribution in [0.2, 0.25) is 18.1 Å². The summed E-state index contributed by atoms with van der Waals surface area (Å²) >= 11 is 0. The van der Waals surface area contributed by atoms with E-state index in [9.17, 15) is 0 Å². The summed E-state index contributed by atoms with van der Waals surface area (Å²) in [4.78, 5) is 0. The summed E-state index contributed by atoms with van der Waals surface area (Å²) in [6, 6.07) is 3.84. The van der Waals surface area contributed by atoms with Gasteiger partial charge in [-0.3, -0.25) is 0 Å². The first-order valence-electron chi connectivity index (χ1n) is 7.78. The van der Waals surface area contributed by atoms with Gasteiger partial charge in [0.2, 0.25) is 0 Å². The standard InChI is InChI=1S/C15H34OSi/c1-6-10-11-12-13-15(5)14-16-17(7-2,8-3)9-4/h15H,6-14H2,1-5H3. The number of hydrogen-bond acceptors (Lipinski definition) is 1. The Morgan fingerprint density at radius 1 is 0.882 bits per heavy atom. The van der Waals surface area contributed by atoms with E-state index in [0.29, 0.717) is 0 Å². The summed E-state index contributed by atoms with van der Waals surface area (Å²) in [5.74, 6) is 0.753. The predicted molar refractivity (Wildman–Crippen MR) is 81.1 cm³/mol. The second kappa shape index (κ2) is 10.1. The second-order valence-electron chi connectivity index (χ2n) is 5.51. The van der Waals surface area contributed by atoms with E-state index >= 15 is 0 Å². The molecule has 17 heavy (non-hydrogen) atoms. The van der Waals surface area contributed by atoms with Crippen LogP contribution in [0.25, 0.3) is 0 Å². The van der Waals surface area contributed by atoms with Gasteiger partial charge < -0.3 is 4.43 Å². The molecule has 0 aliphatic rings. The minimum absolute atomic E-state index is 0.753. The van der Waals surface area contributed by atoms with Crippen LogP contribution in [0.5, 0.6) is 0 Å². The SMILES string of the molecule is CCCCCCC(C)CO[Si](CC)(CC)CC. The highest BCUT2D eigenvalue weighted by molar-refractivity contribution is 6.73. The van der Waals surface area contributed by atoms with Crippen LogP contribution in [-0.2, 0) is 4.43 Å². The van der Waals surface area contributed by atoms with E-state index in [0.717, 1.165) is 12.5 Å². The van der Waals surface area contributed by atoms with Crippen molar-refractivity contribution in [3.63, 3.8) is 0 Å². The van der Waals surface area contributed by atoms with E-state index < -0.39 is 8.32 Å². The zero-order chi connectivity index (χ0) is 13.1. The van der Waals surface area contributed by atoms with Gasteiger partial charge in [-0.1, -0.05) is 60.3 Å². The Labute approximate surface area is 110 Å². The lowest BCUT2D eigenvalue weighted by atomic mass is 10.0. The molecule has 0 aromatic rings. The molecule has 2 heteroatoms. The van der Waals surface area contributed by atoms with Gasteiger partial charge in [0.15, 0.2) is 8.32 Å². The Kier molecular flexibility index (Phi) is 10.2. The van der Waals surface area contributed by atoms with Crippen LogP contribution in [0, 0.1) is 5.92 Å². The lowest BCUT2D eigenvalue weighted by molar-refractivity contribution is 0.235. The lowest BCUT2D eigenvalue weighted by Crippen LogP contribution is -2.37. The molecule has 0 aromatic heterocycles. The molecule has 0 bridgehead atoms. The summed E-state index contributed by atoms with van der Waals surface area (Å²) in [5.41, 5.74) is 0. The summed E-state index contributed by atoms with van der Waals surface area (Å²) in [7, 11) is -1.33. The zero-order valence-electron chi connectivity index (χ0n) is 12.8. The van der Waals surface area contributed by atoms with Crippen molar-refractivity contribution in [2.45, 2.75) is 84.9 Å². The summed E-state index contributed by atoms with van der Waals surface area (Å²) in [6.07, 6.45) is 6.87. The first-order valence-corrected chi connectivity index (χ1v) is 10.3. The first-order chi connectivity index (χ1) is 8.14. The van der Waals surface area contributed by atoms with Crippen LogP contribution < -0.4 is 0 Å². The third kappa shape index (κ3) is 7.25. The highest BCUT2D eigenvalue weighted by Crippen LogP contribution is 2.23. The number of rotatable bonds is 11. The third-order valence-corrected chi connectivity index (χ3v) is 8.80. The summed E-state index contributed by atoms with van der Waals surface area (Å²) < 4.78 is 6.33. The molecule has 0 saturated carbocycles. The molecule has 0 saturated heterocycles. The normalized spacial score (nSPS) is 13.9. The minimum Gasteiger partial charge on any atom is -0.417 e. The van der Waals surface area contributed by atoms with Crippen LogP contribution in [0.3, 0.4) is 0 Å². The van der Waals surface area contributed by atoms with Crippen molar-refractivity contribution >= 4 is 8.32 Å². The van der Waals surface area contributed by atoms with Gasteiger partial charge in [0.05, 0.1) is 0 Å². The van der Waals surface area contributed by atoms with E-state index in [1.54, 1.807) is 0 Å². The van der Waals surface area contributed by atoms with Crippen molar-refractivity contribution in [2.24, 2.45) is 5.92 Å². The van der Waals surface area contributed by atoms with Gasteiger partial charge in [0, 0.05) is 6.61 Å². The van der Waals surface area contributed by atoms with Crippen LogP contribution in [-0.4, -0.2) is 14.9 Å². The summed E-state index contributed by atoms with van der Waals surface area (Å²) in [5, 5.41) is 0. The van der Waals surface area contributed by atoms with E-state index in [-0.39, 0.29) is 0 Å². The molecule has 0 aliphatic heterocycles. The highest BCUT2D eigenvalue weighted by Gasteiger charge is 2.28. The molecule has 0 radical (unpaired) electrons. The smallest absolute Gasteiger partial charge is 0.191 e. The van der Waals surface area contributed by atoms with Crippen molar-refractivity contribution in [3.05, 3.63) is 0 Å². The molecule has 0 rings (SSSR count). The fourth-order valence-electron chi connectivity index (χ4n) is 2.38. The van der Waals surface area contributed by atoms with Gasteiger partial charge in [-0.2, -0.15) is 0 Å². The molecule has 0 heterocycles. The van der Waals surface area contributed by atoms with E-state index in [2.05, 4.69) is 34.6 Å². The summed E-state index contributed by atoms with van der Waals surface area (Å²) in [6.45, 7) is 12.6. The van der Waals surface area contributed by atoms with Crippen LogP contribution in [0.1, 0.15) is 66.7 Å². The zero-order valence-corrected chi connectivity index (χ0v) is 13.8. The molecule has 0 spiro atoms. The van der Waals surface area contributed by atoms with Gasteiger partial charge in [0.1, 0.15) is 0 Å². The van der Waals surface area contributed by atoms with Crippen molar-refractivity contribution in [1.82, 2.24) is 0 Å². The molecule has 104 valence electrons. The molecular formula is C15H34OSi. The van der Waals surface area contributed by atoms with Gasteiger partial charge in [-0.25, -0.2) is 0 Å². The average molecular weight is 259 g/mol. The molecule has 1 unspecified atom stereocenters. The van der Waals surface area contributed by atoms with Crippen molar-refractivity contribution in [3.8, 4) is 0 Å². The Hall–Kier alpha value is 0.177. The van der Waals surface area contributed by atoms with Gasteiger partial charge in [0.25, 0.3) is 0 Å². The van der Waals surface area contributed by atoms with E-state index in [1.165, 1.54) is 50.2 Å². The van der Waals surface area contributed by atoms with Crippen LogP contribution in [0.4, 0.5) is 0 Å². The topological polar surface area (TPSA) is 9.23 Å². The molecule has 0 aromatic carbocycles. The molecule has 0 fully saturated rings. The quantitative estimate of drug-likeness (QED) is 0.345. The monoisotopic (exact) mass is 258 g/mol. The molecule has 0 aliphatic carbocycles. The minimum atomic E-state index is -1.33.